The van der Waals surface area contributed by atoms with Crippen LogP contribution in [0.5, 0.6) is 0 Å². The number of aliphatic hydroxyl groups is 1. The topological polar surface area (TPSA) is 32.3 Å². The Hall–Kier alpha value is 0.100. The van der Waals surface area contributed by atoms with Gasteiger partial charge in [-0.3, -0.25) is 0 Å². The largest absolute Gasteiger partial charge is 0.396 e. The average Bonchev–Trinajstić information content (AvgIpc) is 2.58. The minimum atomic E-state index is 0.286. The van der Waals surface area contributed by atoms with Gasteiger partial charge in [0.2, 0.25) is 0 Å². The molecule has 1 unspecified atom stereocenters. The van der Waals surface area contributed by atoms with Crippen LogP contribution < -0.4 is 5.32 Å². The summed E-state index contributed by atoms with van der Waals surface area (Å²) in [5, 5.41) is 14.2. The Labute approximate surface area is 97.5 Å². The maximum Gasteiger partial charge on any atom is 0.0431 e. The van der Waals surface area contributed by atoms with Gasteiger partial charge in [0.15, 0.2) is 0 Å². The van der Waals surface area contributed by atoms with E-state index in [0.29, 0.717) is 6.04 Å². The summed E-state index contributed by atoms with van der Waals surface area (Å²) in [6, 6.07) is 2.54. The predicted octanol–water partition coefficient (Wildman–Crippen LogP) is 2.76. The molecule has 2 N–H and O–H groups in total. The van der Waals surface area contributed by atoms with E-state index in [1.54, 1.807) is 11.3 Å². The van der Waals surface area contributed by atoms with Gasteiger partial charge >= 0.3 is 0 Å². The molecule has 0 fully saturated rings. The molecule has 80 valence electrons. The standard InChI is InChI=1S/C10H16BrNOS/c1-8(3-2-5-13)12-7-10-9(11)4-6-14-10/h4,6,8,12-13H,2-3,5,7H2,1H3. The SMILES string of the molecule is CC(CCCO)NCc1sccc1Br. The molecule has 0 saturated carbocycles. The van der Waals surface area contributed by atoms with Crippen molar-refractivity contribution in [3.05, 3.63) is 20.8 Å². The Balaban J connectivity index is 2.23. The van der Waals surface area contributed by atoms with Crippen molar-refractivity contribution in [2.45, 2.75) is 32.4 Å². The highest BCUT2D eigenvalue weighted by Gasteiger charge is 2.04. The van der Waals surface area contributed by atoms with E-state index < -0.39 is 0 Å². The third-order valence-corrected chi connectivity index (χ3v) is 4.02. The van der Waals surface area contributed by atoms with Gasteiger partial charge in [-0.25, -0.2) is 0 Å². The minimum absolute atomic E-state index is 0.286. The van der Waals surface area contributed by atoms with Crippen molar-refractivity contribution in [2.75, 3.05) is 6.61 Å². The number of halogens is 1. The van der Waals surface area contributed by atoms with Gasteiger partial charge < -0.3 is 10.4 Å². The zero-order valence-corrected chi connectivity index (χ0v) is 10.7. The number of thiophene rings is 1. The van der Waals surface area contributed by atoms with Gasteiger partial charge in [-0.05, 0) is 47.1 Å². The molecule has 1 aromatic heterocycles. The lowest BCUT2D eigenvalue weighted by Crippen LogP contribution is -2.25. The van der Waals surface area contributed by atoms with E-state index in [0.717, 1.165) is 19.4 Å². The smallest absolute Gasteiger partial charge is 0.0431 e. The van der Waals surface area contributed by atoms with Gasteiger partial charge in [-0.15, -0.1) is 11.3 Å². The van der Waals surface area contributed by atoms with E-state index in [4.69, 9.17) is 5.11 Å². The molecule has 0 amide bonds. The second kappa shape index (κ2) is 6.56. The van der Waals surface area contributed by atoms with E-state index >= 15 is 0 Å². The van der Waals surface area contributed by atoms with Gasteiger partial charge in [0.1, 0.15) is 0 Å². The molecule has 1 heterocycles. The molecule has 1 atom stereocenters. The molecule has 1 rings (SSSR count). The third-order valence-electron chi connectivity index (χ3n) is 2.10. The lowest BCUT2D eigenvalue weighted by Gasteiger charge is -2.12. The van der Waals surface area contributed by atoms with E-state index in [9.17, 15) is 0 Å². The van der Waals surface area contributed by atoms with Gasteiger partial charge in [-0.2, -0.15) is 0 Å². The second-order valence-electron chi connectivity index (χ2n) is 3.34. The molecule has 14 heavy (non-hydrogen) atoms. The summed E-state index contributed by atoms with van der Waals surface area (Å²) in [6.07, 6.45) is 1.90. The van der Waals surface area contributed by atoms with Crippen LogP contribution in [-0.4, -0.2) is 17.8 Å². The number of nitrogens with one attached hydrogen (secondary N) is 1. The molecule has 0 radical (unpaired) electrons. The zero-order valence-electron chi connectivity index (χ0n) is 8.29. The van der Waals surface area contributed by atoms with Crippen molar-refractivity contribution in [1.82, 2.24) is 5.32 Å². The maximum absolute atomic E-state index is 8.68. The fraction of sp³-hybridized carbons (Fsp3) is 0.600. The number of hydrogen-bond donors (Lipinski definition) is 2. The van der Waals surface area contributed by atoms with Crippen LogP contribution in [0.4, 0.5) is 0 Å². The van der Waals surface area contributed by atoms with Crippen molar-refractivity contribution in [2.24, 2.45) is 0 Å². The lowest BCUT2D eigenvalue weighted by molar-refractivity contribution is 0.276. The quantitative estimate of drug-likeness (QED) is 0.838. The van der Waals surface area contributed by atoms with Crippen LogP contribution in [-0.2, 0) is 6.54 Å². The van der Waals surface area contributed by atoms with Crippen molar-refractivity contribution in [3.8, 4) is 0 Å². The Bertz CT molecular complexity index is 264. The first-order valence-corrected chi connectivity index (χ1v) is 6.47. The highest BCUT2D eigenvalue weighted by Crippen LogP contribution is 2.22. The van der Waals surface area contributed by atoms with Crippen LogP contribution in [0.25, 0.3) is 0 Å². The summed E-state index contributed by atoms with van der Waals surface area (Å²) in [6.45, 7) is 3.34. The van der Waals surface area contributed by atoms with Crippen molar-refractivity contribution in [1.29, 1.82) is 0 Å². The van der Waals surface area contributed by atoms with Crippen molar-refractivity contribution >= 4 is 27.3 Å². The third kappa shape index (κ3) is 4.09. The molecule has 0 aliphatic rings. The highest BCUT2D eigenvalue weighted by atomic mass is 79.9. The van der Waals surface area contributed by atoms with Gasteiger partial charge in [0.05, 0.1) is 0 Å². The molecular formula is C10H16BrNOS. The summed E-state index contributed by atoms with van der Waals surface area (Å²) in [7, 11) is 0. The molecule has 4 heteroatoms. The van der Waals surface area contributed by atoms with Gasteiger partial charge in [0, 0.05) is 28.5 Å². The van der Waals surface area contributed by atoms with Gasteiger partial charge in [-0.1, -0.05) is 0 Å². The number of rotatable bonds is 6. The molecule has 0 aliphatic carbocycles. The molecule has 0 saturated heterocycles. The minimum Gasteiger partial charge on any atom is -0.396 e. The first-order valence-electron chi connectivity index (χ1n) is 4.80. The Morgan fingerprint density at radius 2 is 2.43 bits per heavy atom. The average molecular weight is 278 g/mol. The van der Waals surface area contributed by atoms with Crippen molar-refractivity contribution in [3.63, 3.8) is 0 Å². The van der Waals surface area contributed by atoms with E-state index in [2.05, 4.69) is 39.6 Å². The normalized spacial score (nSPS) is 13.1. The van der Waals surface area contributed by atoms with Crippen molar-refractivity contribution < 1.29 is 5.11 Å². The zero-order chi connectivity index (χ0) is 10.4. The monoisotopic (exact) mass is 277 g/mol. The van der Waals surface area contributed by atoms with E-state index in [1.165, 1.54) is 9.35 Å². The molecule has 0 bridgehead atoms. The van der Waals surface area contributed by atoms with Crippen LogP contribution in [0.1, 0.15) is 24.6 Å². The first-order chi connectivity index (χ1) is 6.74. The molecule has 2 nitrogen and oxygen atoms in total. The van der Waals surface area contributed by atoms with Crippen LogP contribution in [0, 0.1) is 0 Å². The number of hydrogen-bond acceptors (Lipinski definition) is 3. The lowest BCUT2D eigenvalue weighted by atomic mass is 10.2. The Kier molecular flexibility index (Phi) is 5.70. The Morgan fingerprint density at radius 1 is 1.64 bits per heavy atom. The molecule has 0 aromatic carbocycles. The van der Waals surface area contributed by atoms with E-state index in [-0.39, 0.29) is 6.61 Å². The summed E-state index contributed by atoms with van der Waals surface area (Å²) < 4.78 is 1.18. The van der Waals surface area contributed by atoms with Crippen LogP contribution in [0.3, 0.4) is 0 Å². The van der Waals surface area contributed by atoms with Crippen LogP contribution >= 0.6 is 27.3 Å². The first kappa shape index (κ1) is 12.2. The molecular weight excluding hydrogens is 262 g/mol. The second-order valence-corrected chi connectivity index (χ2v) is 5.19. The summed E-state index contributed by atoms with van der Waals surface area (Å²) in [4.78, 5) is 1.33. The van der Waals surface area contributed by atoms with Crippen LogP contribution in [0.2, 0.25) is 0 Å². The molecule has 1 aromatic rings. The number of aliphatic hydroxyl groups excluding tert-OH is 1. The fourth-order valence-corrected chi connectivity index (χ4v) is 2.66. The van der Waals surface area contributed by atoms with Gasteiger partial charge in [0.25, 0.3) is 0 Å². The Morgan fingerprint density at radius 3 is 3.00 bits per heavy atom. The van der Waals surface area contributed by atoms with E-state index in [1.807, 2.05) is 0 Å². The predicted molar refractivity (Wildman–Crippen MR) is 64.6 cm³/mol. The molecule has 0 spiro atoms. The summed E-state index contributed by atoms with van der Waals surface area (Å²) in [5.74, 6) is 0. The fourth-order valence-electron chi connectivity index (χ4n) is 1.22. The summed E-state index contributed by atoms with van der Waals surface area (Å²) >= 11 is 5.26. The summed E-state index contributed by atoms with van der Waals surface area (Å²) in [5.41, 5.74) is 0. The van der Waals surface area contributed by atoms with Crippen LogP contribution in [0.15, 0.2) is 15.9 Å². The highest BCUT2D eigenvalue weighted by molar-refractivity contribution is 9.10. The maximum atomic E-state index is 8.68. The molecule has 0 aliphatic heterocycles.